The first-order valence-corrected chi connectivity index (χ1v) is 37.8. The van der Waals surface area contributed by atoms with Gasteiger partial charge >= 0.3 is 5.97 Å². The topological polar surface area (TPSA) is 376 Å². The van der Waals surface area contributed by atoms with Crippen LogP contribution in [0.1, 0.15) is 151 Å². The summed E-state index contributed by atoms with van der Waals surface area (Å²) >= 11 is 2.64. The summed E-state index contributed by atoms with van der Waals surface area (Å²) in [7, 11) is -7.68. The number of carboxylic acids is 1. The van der Waals surface area contributed by atoms with Gasteiger partial charge in [-0.2, -0.15) is 0 Å². The fourth-order valence-electron chi connectivity index (χ4n) is 12.5. The van der Waals surface area contributed by atoms with E-state index in [0.717, 1.165) is 45.9 Å². The number of benzene rings is 2. The number of sulfonamides is 2. The van der Waals surface area contributed by atoms with Gasteiger partial charge in [-0.15, -0.1) is 35.8 Å². The summed E-state index contributed by atoms with van der Waals surface area (Å²) < 4.78 is 56.2. The number of fused-ring (bicyclic) bond motifs is 2. The van der Waals surface area contributed by atoms with Crippen molar-refractivity contribution in [2.75, 3.05) is 13.1 Å². The van der Waals surface area contributed by atoms with E-state index in [4.69, 9.17) is 10.8 Å². The number of nitrogens with zero attached hydrogens (tertiary/aromatic N) is 2. The van der Waals surface area contributed by atoms with Crippen LogP contribution in [0.4, 0.5) is 0 Å². The van der Waals surface area contributed by atoms with Gasteiger partial charge in [-0.1, -0.05) is 90.1 Å². The number of likely N-dealkylation sites (tertiary alicyclic amines) is 2. The molecule has 97 heavy (non-hydrogen) atoms. The number of rotatable bonds is 23. The molecule has 0 bridgehead atoms. The van der Waals surface area contributed by atoms with Crippen molar-refractivity contribution in [2.24, 2.45) is 40.2 Å². The number of aromatic carboxylic acids is 1. The van der Waals surface area contributed by atoms with Crippen LogP contribution in [0.15, 0.2) is 86.0 Å². The summed E-state index contributed by atoms with van der Waals surface area (Å²) in [4.78, 5) is 135. The van der Waals surface area contributed by atoms with Crippen molar-refractivity contribution in [1.29, 1.82) is 0 Å². The van der Waals surface area contributed by atoms with Crippen LogP contribution < -0.4 is 41.8 Å². The van der Waals surface area contributed by atoms with Gasteiger partial charge in [0.2, 0.25) is 55.5 Å². The smallest absolute Gasteiger partial charge is 0.345 e. The van der Waals surface area contributed by atoms with Gasteiger partial charge in [-0.25, -0.2) is 21.6 Å². The lowest BCUT2D eigenvalue weighted by atomic mass is 9.85. The summed E-state index contributed by atoms with van der Waals surface area (Å²) in [6.45, 7) is 18.6. The fraction of sp³-hybridized carbons (Fsp3) is 0.559. The Morgan fingerprint density at radius 2 is 1.01 bits per heavy atom. The molecule has 10 N–H and O–H groups in total. The zero-order valence-corrected chi connectivity index (χ0v) is 58.6. The van der Waals surface area contributed by atoms with E-state index in [2.05, 4.69) is 49.2 Å². The molecule has 4 unspecified atom stereocenters. The van der Waals surface area contributed by atoms with Gasteiger partial charge in [-0.3, -0.25) is 52.6 Å². The van der Waals surface area contributed by atoms with Crippen LogP contribution in [0.25, 0.3) is 20.2 Å². The van der Waals surface area contributed by atoms with E-state index in [0.29, 0.717) is 60.1 Å². The molecule has 10 atom stereocenters. The van der Waals surface area contributed by atoms with Crippen molar-refractivity contribution < 1.29 is 69.9 Å². The zero-order chi connectivity index (χ0) is 70.5. The number of hydrogen-bond acceptors (Lipinski definition) is 17. The minimum atomic E-state index is -3.88. The Balaban J connectivity index is 0.000000183. The molecule has 6 aliphatic carbocycles. The lowest BCUT2D eigenvalue weighted by Crippen LogP contribution is -2.60. The predicted octanol–water partition coefficient (Wildman–Crippen LogP) is 5.12. The predicted molar refractivity (Wildman–Crippen MR) is 366 cm³/mol. The van der Waals surface area contributed by atoms with Gasteiger partial charge in [0.15, 0.2) is 0 Å². The number of carboxylic acid groups (broad SMARTS) is 1. The van der Waals surface area contributed by atoms with E-state index in [-0.39, 0.29) is 56.5 Å². The highest BCUT2D eigenvalue weighted by molar-refractivity contribution is 7.91. The van der Waals surface area contributed by atoms with E-state index in [1.165, 1.54) is 44.6 Å². The maximum Gasteiger partial charge on any atom is 0.345 e. The first-order chi connectivity index (χ1) is 45.6. The molecule has 524 valence electrons. The summed E-state index contributed by atoms with van der Waals surface area (Å²) in [5, 5.41) is 23.7. The molecule has 2 saturated heterocycles. The lowest BCUT2D eigenvalue weighted by Gasteiger charge is -2.35. The van der Waals surface area contributed by atoms with E-state index in [9.17, 15) is 64.8 Å². The summed E-state index contributed by atoms with van der Waals surface area (Å²) in [6, 6.07) is 13.8. The molecule has 4 aromatic rings. The Morgan fingerprint density at radius 1 is 0.608 bits per heavy atom. The number of thiophene rings is 2. The molecule has 25 nitrogen and oxygen atoms in total. The van der Waals surface area contributed by atoms with Crippen molar-refractivity contribution in [1.82, 2.24) is 45.8 Å². The Kier molecular flexibility index (Phi) is 20.8. The molecule has 2 aliphatic heterocycles. The van der Waals surface area contributed by atoms with Gasteiger partial charge in [0.25, 0.3) is 17.7 Å². The SMILES string of the molecule is C=CC1CC1(NC(=O)[C@@H]1C[C@@H](N)CN1C(=O)[C@@H](NC(=O)CC1CC1)C(C)(C)C)C(=O)NS(=O)(=O)C1CC1.C=CC1CC1(NC(=O)[C@@H]1C[C@@H](NC(=O)c2cc3ccccc3s2)CN1C(=O)[C@@H](NC(=O)CC1CC1)C(C)(C)C)C(=O)NS(=O)(=O)C1CC1.O=C(O)c1cc2ccccc2s1. The molecule has 2 aromatic carbocycles. The minimum absolute atomic E-state index is 0.00122. The van der Waals surface area contributed by atoms with E-state index in [1.807, 2.05) is 90.1 Å². The van der Waals surface area contributed by atoms with Crippen LogP contribution in [0, 0.1) is 34.5 Å². The normalized spacial score (nSPS) is 25.7. The van der Waals surface area contributed by atoms with Crippen LogP contribution in [0.2, 0.25) is 0 Å². The Morgan fingerprint density at radius 3 is 1.39 bits per heavy atom. The molecule has 8 aliphatic rings. The first kappa shape index (κ1) is 72.2. The second kappa shape index (κ2) is 28.0. The molecule has 0 radical (unpaired) electrons. The van der Waals surface area contributed by atoms with Crippen LogP contribution in [0.3, 0.4) is 0 Å². The highest BCUT2D eigenvalue weighted by Crippen LogP contribution is 2.47. The van der Waals surface area contributed by atoms with E-state index in [1.54, 1.807) is 12.1 Å². The number of amides is 9. The zero-order valence-electron chi connectivity index (χ0n) is 55.4. The average molecular weight is 1410 g/mol. The third-order valence-corrected chi connectivity index (χ3v) is 25.0. The highest BCUT2D eigenvalue weighted by atomic mass is 32.2. The molecular formula is C68H88N10O15S4. The van der Waals surface area contributed by atoms with Crippen molar-refractivity contribution in [3.63, 3.8) is 0 Å². The minimum Gasteiger partial charge on any atom is -0.477 e. The van der Waals surface area contributed by atoms with Crippen molar-refractivity contribution in [2.45, 2.75) is 189 Å². The second-order valence-electron chi connectivity index (χ2n) is 29.4. The molecule has 12 rings (SSSR count). The Bertz CT molecular complexity index is 3980. The highest BCUT2D eigenvalue weighted by Gasteiger charge is 2.63. The fourth-order valence-corrected chi connectivity index (χ4v) is 17.1. The number of carbonyl (C=O) groups excluding carboxylic acids is 9. The standard InChI is InChI=1S/C34H43N5O7S2.C25H39N5O6S.C9H6O2S/c1-5-21-17-34(21,32(44)38-48(45,46)23-12-13-23)37-29(41)24-16-22(35-30(42)26-15-20-8-6-7-9-25(20)47-26)18-39(24)31(43)28(33(2,3)4)36-27(40)14-19-10-11-19;1-5-15-12-25(15,23(34)29-37(35,36)17-8-9-17)28-21(32)18-11-16(26)13-30(18)22(33)20(24(2,3)4)27-19(31)10-14-6-7-14;10-9(11)8-5-6-3-1-2-4-7(6)12-8/h5-9,15,19,21-24,28H,1,10-14,16-18H2,2-4H3,(H,35,42)(H,36,40)(H,37,41)(H,38,44);5,14-18,20H,1,6-13,26H2,2-4H3,(H,27,31)(H,28,32)(H,29,34);1-5H,(H,10,11)/t21?,22-,24+,28-,34?;15?,16-,18+,20-,25?;/m11./s1. The first-order valence-electron chi connectivity index (χ1n) is 33.0. The second-order valence-corrected chi connectivity index (χ2v) is 35.5. The third kappa shape index (κ3) is 17.1. The third-order valence-electron chi connectivity index (χ3n) is 19.1. The van der Waals surface area contributed by atoms with Crippen LogP contribution in [-0.2, 0) is 58.4 Å². The van der Waals surface area contributed by atoms with Crippen LogP contribution >= 0.6 is 22.7 Å². The van der Waals surface area contributed by atoms with Crippen LogP contribution in [-0.4, -0.2) is 162 Å². The van der Waals surface area contributed by atoms with Crippen molar-refractivity contribution in [3.05, 3.63) is 95.7 Å². The molecule has 0 spiro atoms. The maximum atomic E-state index is 14.3. The number of carbonyl (C=O) groups is 10. The van der Waals surface area contributed by atoms with Crippen LogP contribution in [0.5, 0.6) is 0 Å². The Labute approximate surface area is 572 Å². The number of nitrogens with one attached hydrogen (secondary N) is 7. The molecule has 9 amide bonds. The molecule has 6 saturated carbocycles. The number of hydrogen-bond donors (Lipinski definition) is 9. The van der Waals surface area contributed by atoms with Gasteiger partial charge in [0.05, 0.1) is 15.4 Å². The van der Waals surface area contributed by atoms with Gasteiger partial charge in [0, 0.05) is 59.3 Å². The maximum absolute atomic E-state index is 14.3. The average Bonchev–Trinajstić information content (AvgIpc) is 1.58. The number of nitrogens with two attached hydrogens (primary N) is 1. The largest absolute Gasteiger partial charge is 0.477 e. The van der Waals surface area contributed by atoms with Crippen molar-refractivity contribution in [3.8, 4) is 0 Å². The summed E-state index contributed by atoms with van der Waals surface area (Å²) in [6.07, 6.45) is 10.2. The molecular weight excluding hydrogens is 1330 g/mol. The van der Waals surface area contributed by atoms with Gasteiger partial charge < -0.3 is 47.2 Å². The Hall–Kier alpha value is -7.60. The lowest BCUT2D eigenvalue weighted by molar-refractivity contribution is -0.144. The molecule has 2 aromatic heterocycles. The molecule has 4 heterocycles. The van der Waals surface area contributed by atoms with E-state index >= 15 is 0 Å². The summed E-state index contributed by atoms with van der Waals surface area (Å²) in [5.74, 6) is -5.64. The molecule has 29 heteroatoms. The quantitative estimate of drug-likeness (QED) is 0.0435. The van der Waals surface area contributed by atoms with E-state index < -0.39 is 142 Å². The monoisotopic (exact) mass is 1410 g/mol. The van der Waals surface area contributed by atoms with Gasteiger partial charge in [-0.05, 0) is 135 Å². The molecule has 8 fully saturated rings. The summed E-state index contributed by atoms with van der Waals surface area (Å²) in [5.41, 5.74) is 1.86. The van der Waals surface area contributed by atoms with Crippen molar-refractivity contribution >= 4 is 122 Å². The van der Waals surface area contributed by atoms with Gasteiger partial charge in [0.1, 0.15) is 40.1 Å².